The highest BCUT2D eigenvalue weighted by atomic mass is 35.5. The van der Waals surface area contributed by atoms with Crippen LogP contribution in [0.5, 0.6) is 0 Å². The molecule has 2 heterocycles. The van der Waals surface area contributed by atoms with Crippen molar-refractivity contribution < 1.29 is 9.53 Å². The van der Waals surface area contributed by atoms with Crippen LogP contribution in [0, 0.1) is 0 Å². The van der Waals surface area contributed by atoms with Gasteiger partial charge in [-0.1, -0.05) is 23.2 Å². The molecule has 1 aromatic rings. The van der Waals surface area contributed by atoms with Gasteiger partial charge in [0.25, 0.3) is 0 Å². The molecule has 176 valence electrons. The first-order valence-corrected chi connectivity index (χ1v) is 11.1. The Hall–Kier alpha value is -2.74. The second kappa shape index (κ2) is 11.2. The molecule has 9 heteroatoms. The summed E-state index contributed by atoms with van der Waals surface area (Å²) < 4.78 is 5.40. The van der Waals surface area contributed by atoms with E-state index in [-0.39, 0.29) is 6.04 Å². The van der Waals surface area contributed by atoms with E-state index in [4.69, 9.17) is 21.3 Å². The topological polar surface area (TPSA) is 82.1 Å². The van der Waals surface area contributed by atoms with E-state index in [0.29, 0.717) is 17.5 Å². The van der Waals surface area contributed by atoms with Gasteiger partial charge in [0.05, 0.1) is 5.70 Å². The fourth-order valence-electron chi connectivity index (χ4n) is 3.37. The van der Waals surface area contributed by atoms with Crippen molar-refractivity contribution in [2.45, 2.75) is 59.1 Å². The van der Waals surface area contributed by atoms with Gasteiger partial charge in [-0.05, 0) is 65.7 Å². The van der Waals surface area contributed by atoms with E-state index in [0.717, 1.165) is 36.5 Å². The average Bonchev–Trinajstić information content (AvgIpc) is 2.72. The lowest BCUT2D eigenvalue weighted by molar-refractivity contribution is 0.0500. The Labute approximate surface area is 196 Å². The van der Waals surface area contributed by atoms with Gasteiger partial charge in [-0.3, -0.25) is 0 Å². The van der Waals surface area contributed by atoms with E-state index < -0.39 is 11.7 Å². The molecule has 0 saturated carbocycles. The molecule has 1 amide bonds. The van der Waals surface area contributed by atoms with Crippen LogP contribution in [0.1, 0.15) is 47.5 Å². The van der Waals surface area contributed by atoms with Crippen molar-refractivity contribution in [1.29, 1.82) is 0 Å². The number of alkyl carbamates (subject to hydrolysis) is 1. The van der Waals surface area contributed by atoms with Crippen molar-refractivity contribution in [3.8, 4) is 0 Å². The van der Waals surface area contributed by atoms with Crippen molar-refractivity contribution in [2.24, 2.45) is 5.10 Å². The number of anilines is 2. The third-order valence-electron chi connectivity index (χ3n) is 4.79. The Kier molecular flexibility index (Phi) is 8.95. The molecule has 0 unspecified atom stereocenters. The Morgan fingerprint density at radius 3 is 2.72 bits per heavy atom. The molecule has 8 nitrogen and oxygen atoms in total. The number of nitrogens with one attached hydrogen (secondary N) is 2. The fraction of sp³-hybridized carbons (Fsp3) is 0.522. The third-order valence-corrected chi connectivity index (χ3v) is 5.09. The predicted octanol–water partition coefficient (Wildman–Crippen LogP) is 4.59. The number of ether oxygens (including phenoxy) is 1. The van der Waals surface area contributed by atoms with Crippen molar-refractivity contribution in [3.05, 3.63) is 40.7 Å². The fourth-order valence-corrected chi connectivity index (χ4v) is 3.47. The van der Waals surface area contributed by atoms with Gasteiger partial charge in [0.1, 0.15) is 16.6 Å². The predicted molar refractivity (Wildman–Crippen MR) is 132 cm³/mol. The largest absolute Gasteiger partial charge is 0.444 e. The minimum absolute atomic E-state index is 0.0107. The Morgan fingerprint density at radius 1 is 1.41 bits per heavy atom. The van der Waals surface area contributed by atoms with E-state index in [1.807, 2.05) is 52.8 Å². The van der Waals surface area contributed by atoms with Crippen LogP contribution in [0.15, 0.2) is 45.8 Å². The van der Waals surface area contributed by atoms with Gasteiger partial charge in [0, 0.05) is 32.9 Å². The molecule has 2 rings (SSSR count). The second-order valence-electron chi connectivity index (χ2n) is 8.87. The van der Waals surface area contributed by atoms with E-state index in [1.165, 1.54) is 0 Å². The first-order valence-electron chi connectivity index (χ1n) is 10.7. The van der Waals surface area contributed by atoms with Crippen molar-refractivity contribution >= 4 is 36.0 Å². The van der Waals surface area contributed by atoms with Crippen LogP contribution in [0.4, 0.5) is 16.4 Å². The maximum atomic E-state index is 12.2. The summed E-state index contributed by atoms with van der Waals surface area (Å²) in [6, 6.07) is 5.76. The van der Waals surface area contributed by atoms with Crippen molar-refractivity contribution in [2.75, 3.05) is 30.0 Å². The van der Waals surface area contributed by atoms with Gasteiger partial charge in [0.15, 0.2) is 5.82 Å². The first-order chi connectivity index (χ1) is 15.0. The van der Waals surface area contributed by atoms with Crippen molar-refractivity contribution in [3.63, 3.8) is 0 Å². The lowest BCUT2D eigenvalue weighted by Crippen LogP contribution is -2.49. The molecular weight excluding hydrogens is 428 g/mol. The summed E-state index contributed by atoms with van der Waals surface area (Å²) in [5.41, 5.74) is 1.27. The molecule has 2 N–H and O–H groups in total. The summed E-state index contributed by atoms with van der Waals surface area (Å²) in [5.74, 6) is 1.44. The van der Waals surface area contributed by atoms with Crippen LogP contribution in [-0.4, -0.2) is 49.6 Å². The minimum atomic E-state index is -0.525. The van der Waals surface area contributed by atoms with E-state index in [9.17, 15) is 4.79 Å². The molecule has 0 bridgehead atoms. The average molecular weight is 463 g/mol. The molecule has 1 aliphatic heterocycles. The molecule has 0 aromatic carbocycles. The summed E-state index contributed by atoms with van der Waals surface area (Å²) >= 11 is 6.20. The molecule has 1 aromatic heterocycles. The number of pyridine rings is 1. The summed E-state index contributed by atoms with van der Waals surface area (Å²) in [6.07, 6.45) is 3.23. The van der Waals surface area contributed by atoms with Crippen LogP contribution in [-0.2, 0) is 4.74 Å². The van der Waals surface area contributed by atoms with Gasteiger partial charge in [-0.25, -0.2) is 14.8 Å². The Balaban J connectivity index is 2.21. The number of hydrogen-bond acceptors (Lipinski definition) is 7. The minimum Gasteiger partial charge on any atom is -0.444 e. The highest BCUT2D eigenvalue weighted by molar-refractivity contribution is 6.29. The number of carbonyl (C=O) groups is 1. The zero-order chi connectivity index (χ0) is 23.9. The number of piperidine rings is 1. The van der Waals surface area contributed by atoms with Crippen molar-refractivity contribution in [1.82, 2.24) is 15.6 Å². The van der Waals surface area contributed by atoms with Gasteiger partial charge in [0.2, 0.25) is 0 Å². The molecular formula is C23H35ClN6O2. The van der Waals surface area contributed by atoms with Crippen LogP contribution >= 0.6 is 11.6 Å². The molecule has 32 heavy (non-hydrogen) atoms. The number of nitrogens with zero attached hydrogens (tertiary/aromatic N) is 4. The van der Waals surface area contributed by atoms with Gasteiger partial charge in [-0.15, -0.1) is 0 Å². The highest BCUT2D eigenvalue weighted by Gasteiger charge is 2.25. The number of hydrogen-bond donors (Lipinski definition) is 2. The van der Waals surface area contributed by atoms with E-state index >= 15 is 0 Å². The number of halogens is 1. The summed E-state index contributed by atoms with van der Waals surface area (Å²) in [6.45, 7) is 14.7. The smallest absolute Gasteiger partial charge is 0.407 e. The summed E-state index contributed by atoms with van der Waals surface area (Å²) in [4.78, 5) is 19.2. The van der Waals surface area contributed by atoms with E-state index in [2.05, 4.69) is 27.4 Å². The zero-order valence-electron chi connectivity index (χ0n) is 19.9. The molecule has 1 atom stereocenters. The number of allylic oxidation sites excluding steroid dienone is 2. The molecule has 0 spiro atoms. The molecule has 1 saturated heterocycles. The van der Waals surface area contributed by atoms with Crippen LogP contribution < -0.4 is 20.5 Å². The first kappa shape index (κ1) is 25.5. The summed E-state index contributed by atoms with van der Waals surface area (Å²) in [7, 11) is 1.75. The van der Waals surface area contributed by atoms with Gasteiger partial charge >= 0.3 is 6.09 Å². The lowest BCUT2D eigenvalue weighted by Gasteiger charge is -2.34. The standard InChI is InChI=1S/C23H35ClN6O2/c1-16(2)18(14-19(24)25-6)30(26-7)21-12-8-11-20(28-21)29-13-9-10-17(15-29)27-22(31)32-23(3,4)5/h8,11-12,14,17,25H,7,9-10,13,15H2,1-6H3,(H,27,31)/b19-14-/t17-/m0/s1. The monoisotopic (exact) mass is 462 g/mol. The maximum absolute atomic E-state index is 12.2. The Bertz CT molecular complexity index is 873. The van der Waals surface area contributed by atoms with Crippen LogP contribution in [0.3, 0.4) is 0 Å². The second-order valence-corrected chi connectivity index (χ2v) is 9.27. The zero-order valence-corrected chi connectivity index (χ0v) is 20.7. The van der Waals surface area contributed by atoms with Gasteiger partial charge < -0.3 is 20.3 Å². The number of hydrazone groups is 1. The van der Waals surface area contributed by atoms with Crippen LogP contribution in [0.25, 0.3) is 0 Å². The molecule has 1 aliphatic rings. The van der Waals surface area contributed by atoms with Crippen LogP contribution in [0.2, 0.25) is 0 Å². The number of aromatic nitrogens is 1. The van der Waals surface area contributed by atoms with Gasteiger partial charge in [-0.2, -0.15) is 5.10 Å². The molecule has 1 fully saturated rings. The molecule has 0 aliphatic carbocycles. The van der Waals surface area contributed by atoms with E-state index in [1.54, 1.807) is 18.1 Å². The number of carbonyl (C=O) groups excluding carboxylic acids is 1. The normalized spacial score (nSPS) is 16.8. The lowest BCUT2D eigenvalue weighted by atomic mass is 10.1. The SMILES string of the molecule is C=NN(C(/C=C(/Cl)NC)=C(C)C)c1cccc(N2CCC[C@H](NC(=O)OC(C)(C)C)C2)n1. The maximum Gasteiger partial charge on any atom is 0.407 e. The number of rotatable bonds is 7. The quantitative estimate of drug-likeness (QED) is 0.267. The Morgan fingerprint density at radius 2 is 2.12 bits per heavy atom. The number of amides is 1. The third kappa shape index (κ3) is 7.44. The summed E-state index contributed by atoms with van der Waals surface area (Å²) in [5, 5.41) is 12.2. The molecule has 0 radical (unpaired) electrons. The highest BCUT2D eigenvalue weighted by Crippen LogP contribution is 2.26.